The molecule has 0 spiro atoms. The van der Waals surface area contributed by atoms with E-state index in [4.69, 9.17) is 4.74 Å². The number of hydrogen-bond donors (Lipinski definition) is 1. The van der Waals surface area contributed by atoms with E-state index in [9.17, 15) is 4.79 Å². The standard InChI is InChI=1S/C16H23NO2/c1-10-8-13(19-5)11(2)12(3)14(10)15(18)16(6-7-16)9-17-4/h8,17H,6-7,9H2,1-5H3. The second-order valence-corrected chi connectivity index (χ2v) is 5.66. The second kappa shape index (κ2) is 4.97. The molecule has 0 radical (unpaired) electrons. The fraction of sp³-hybridized carbons (Fsp3) is 0.562. The largest absolute Gasteiger partial charge is 0.496 e. The summed E-state index contributed by atoms with van der Waals surface area (Å²) in [5.74, 6) is 1.16. The molecule has 3 heteroatoms. The second-order valence-electron chi connectivity index (χ2n) is 5.66. The van der Waals surface area contributed by atoms with Gasteiger partial charge in [-0.25, -0.2) is 0 Å². The van der Waals surface area contributed by atoms with Crippen LogP contribution in [0.3, 0.4) is 0 Å². The van der Waals surface area contributed by atoms with Crippen molar-refractivity contribution in [1.82, 2.24) is 5.32 Å². The molecule has 0 bridgehead atoms. The topological polar surface area (TPSA) is 38.3 Å². The summed E-state index contributed by atoms with van der Waals surface area (Å²) < 4.78 is 5.37. The van der Waals surface area contributed by atoms with Crippen molar-refractivity contribution >= 4 is 5.78 Å². The normalized spacial score (nSPS) is 16.3. The van der Waals surface area contributed by atoms with Gasteiger partial charge < -0.3 is 10.1 Å². The van der Waals surface area contributed by atoms with Gasteiger partial charge in [-0.3, -0.25) is 4.79 Å². The minimum Gasteiger partial charge on any atom is -0.496 e. The van der Waals surface area contributed by atoms with E-state index in [0.29, 0.717) is 5.78 Å². The smallest absolute Gasteiger partial charge is 0.170 e. The van der Waals surface area contributed by atoms with Gasteiger partial charge in [-0.2, -0.15) is 0 Å². The van der Waals surface area contributed by atoms with Gasteiger partial charge in [0.05, 0.1) is 7.11 Å². The maximum Gasteiger partial charge on any atom is 0.170 e. The first-order chi connectivity index (χ1) is 8.96. The molecule has 1 fully saturated rings. The van der Waals surface area contributed by atoms with E-state index < -0.39 is 0 Å². The average molecular weight is 261 g/mol. The molecule has 19 heavy (non-hydrogen) atoms. The first kappa shape index (κ1) is 14.1. The van der Waals surface area contributed by atoms with Gasteiger partial charge in [0.1, 0.15) is 5.75 Å². The summed E-state index contributed by atoms with van der Waals surface area (Å²) in [5.41, 5.74) is 3.88. The molecule has 0 aliphatic heterocycles. The molecule has 1 N–H and O–H groups in total. The lowest BCUT2D eigenvalue weighted by molar-refractivity contribution is 0.0899. The average Bonchev–Trinajstić information content (AvgIpc) is 3.15. The molecule has 104 valence electrons. The zero-order valence-electron chi connectivity index (χ0n) is 12.5. The van der Waals surface area contributed by atoms with Crippen LogP contribution in [0.15, 0.2) is 6.07 Å². The zero-order chi connectivity index (χ0) is 14.2. The summed E-state index contributed by atoms with van der Waals surface area (Å²) in [7, 11) is 3.58. The summed E-state index contributed by atoms with van der Waals surface area (Å²) in [5, 5.41) is 3.15. The molecule has 1 aliphatic carbocycles. The van der Waals surface area contributed by atoms with Crippen LogP contribution in [0.25, 0.3) is 0 Å². The van der Waals surface area contributed by atoms with Gasteiger partial charge in [0.15, 0.2) is 5.78 Å². The predicted molar refractivity (Wildman–Crippen MR) is 77.1 cm³/mol. The van der Waals surface area contributed by atoms with Crippen LogP contribution in [0, 0.1) is 26.2 Å². The quantitative estimate of drug-likeness (QED) is 0.828. The van der Waals surface area contributed by atoms with Crippen LogP contribution < -0.4 is 10.1 Å². The first-order valence-electron chi connectivity index (χ1n) is 6.81. The maximum absolute atomic E-state index is 12.8. The molecule has 1 aromatic rings. The van der Waals surface area contributed by atoms with Gasteiger partial charge in [-0.1, -0.05) is 0 Å². The number of carbonyl (C=O) groups is 1. The Morgan fingerprint density at radius 2 is 1.95 bits per heavy atom. The summed E-state index contributed by atoms with van der Waals surface area (Å²) in [6, 6.07) is 1.98. The third kappa shape index (κ3) is 2.27. The van der Waals surface area contributed by atoms with E-state index in [1.54, 1.807) is 7.11 Å². The van der Waals surface area contributed by atoms with Crippen molar-refractivity contribution in [2.24, 2.45) is 5.41 Å². The molecule has 0 atom stereocenters. The molecule has 0 saturated heterocycles. The van der Waals surface area contributed by atoms with E-state index in [2.05, 4.69) is 5.32 Å². The van der Waals surface area contributed by atoms with Crippen LogP contribution in [0.2, 0.25) is 0 Å². The van der Waals surface area contributed by atoms with E-state index in [-0.39, 0.29) is 5.41 Å². The summed E-state index contributed by atoms with van der Waals surface area (Å²) in [6.07, 6.45) is 1.99. The van der Waals surface area contributed by atoms with Gasteiger partial charge in [0, 0.05) is 17.5 Å². The molecule has 0 aromatic heterocycles. The summed E-state index contributed by atoms with van der Waals surface area (Å²) >= 11 is 0. The van der Waals surface area contributed by atoms with Crippen LogP contribution in [0.1, 0.15) is 39.9 Å². The van der Waals surface area contributed by atoms with Crippen LogP contribution in [-0.4, -0.2) is 26.5 Å². The highest BCUT2D eigenvalue weighted by atomic mass is 16.5. The van der Waals surface area contributed by atoms with Crippen LogP contribution >= 0.6 is 0 Å². The third-order valence-corrected chi connectivity index (χ3v) is 4.35. The maximum atomic E-state index is 12.8. The monoisotopic (exact) mass is 261 g/mol. The van der Waals surface area contributed by atoms with Crippen molar-refractivity contribution in [3.63, 3.8) is 0 Å². The Bertz CT molecular complexity index is 516. The number of carbonyl (C=O) groups excluding carboxylic acids is 1. The molecular weight excluding hydrogens is 238 g/mol. The molecular formula is C16H23NO2. The fourth-order valence-electron chi connectivity index (χ4n) is 2.85. The van der Waals surface area contributed by atoms with Gasteiger partial charge >= 0.3 is 0 Å². The van der Waals surface area contributed by atoms with Crippen molar-refractivity contribution in [3.05, 3.63) is 28.3 Å². The highest BCUT2D eigenvalue weighted by Gasteiger charge is 2.49. The minimum atomic E-state index is -0.161. The van der Waals surface area contributed by atoms with Crippen molar-refractivity contribution < 1.29 is 9.53 Å². The Morgan fingerprint density at radius 3 is 2.42 bits per heavy atom. The number of nitrogens with one attached hydrogen (secondary N) is 1. The highest BCUT2D eigenvalue weighted by Crippen LogP contribution is 2.49. The van der Waals surface area contributed by atoms with Crippen molar-refractivity contribution in [1.29, 1.82) is 0 Å². The number of aryl methyl sites for hydroxylation is 1. The van der Waals surface area contributed by atoms with Crippen molar-refractivity contribution in [2.75, 3.05) is 20.7 Å². The molecule has 0 unspecified atom stereocenters. The molecule has 1 aliphatic rings. The van der Waals surface area contributed by atoms with E-state index in [1.807, 2.05) is 33.9 Å². The third-order valence-electron chi connectivity index (χ3n) is 4.35. The fourth-order valence-corrected chi connectivity index (χ4v) is 2.85. The zero-order valence-corrected chi connectivity index (χ0v) is 12.5. The van der Waals surface area contributed by atoms with E-state index in [1.165, 1.54) is 0 Å². The highest BCUT2D eigenvalue weighted by molar-refractivity contribution is 6.05. The number of Topliss-reactive ketones (excluding diaryl/α,β-unsaturated/α-hetero) is 1. The number of ketones is 1. The SMILES string of the molecule is CNCC1(C(=O)c2c(C)cc(OC)c(C)c2C)CC1. The van der Waals surface area contributed by atoms with Gasteiger partial charge in [0.25, 0.3) is 0 Å². The number of methoxy groups -OCH3 is 1. The Hall–Kier alpha value is -1.35. The molecule has 0 heterocycles. The Labute approximate surface area is 115 Å². The lowest BCUT2D eigenvalue weighted by Crippen LogP contribution is -2.29. The number of hydrogen-bond acceptors (Lipinski definition) is 3. The summed E-state index contributed by atoms with van der Waals surface area (Å²) in [6.45, 7) is 6.81. The molecule has 1 aromatic carbocycles. The van der Waals surface area contributed by atoms with Crippen molar-refractivity contribution in [2.45, 2.75) is 33.6 Å². The number of ether oxygens (including phenoxy) is 1. The van der Waals surface area contributed by atoms with Gasteiger partial charge in [-0.15, -0.1) is 0 Å². The number of rotatable bonds is 5. The van der Waals surface area contributed by atoms with E-state index >= 15 is 0 Å². The van der Waals surface area contributed by atoms with Crippen LogP contribution in [0.4, 0.5) is 0 Å². The minimum absolute atomic E-state index is 0.161. The molecule has 3 nitrogen and oxygen atoms in total. The predicted octanol–water partition coefficient (Wildman–Crippen LogP) is 2.80. The van der Waals surface area contributed by atoms with Crippen molar-refractivity contribution in [3.8, 4) is 5.75 Å². The van der Waals surface area contributed by atoms with E-state index in [0.717, 1.165) is 47.4 Å². The first-order valence-corrected chi connectivity index (χ1v) is 6.81. The summed E-state index contributed by atoms with van der Waals surface area (Å²) in [4.78, 5) is 12.8. The lowest BCUT2D eigenvalue weighted by Gasteiger charge is -2.19. The number of benzene rings is 1. The lowest BCUT2D eigenvalue weighted by atomic mass is 9.87. The Kier molecular flexibility index (Phi) is 3.68. The molecule has 1 saturated carbocycles. The Morgan fingerprint density at radius 1 is 1.32 bits per heavy atom. The molecule has 0 amide bonds. The van der Waals surface area contributed by atoms with Gasteiger partial charge in [0.2, 0.25) is 0 Å². The molecule has 2 rings (SSSR count). The Balaban J connectivity index is 2.46. The van der Waals surface area contributed by atoms with Crippen LogP contribution in [0.5, 0.6) is 5.75 Å². The van der Waals surface area contributed by atoms with Crippen LogP contribution in [-0.2, 0) is 0 Å². The van der Waals surface area contributed by atoms with Gasteiger partial charge in [-0.05, 0) is 63.4 Å².